The van der Waals surface area contributed by atoms with E-state index < -0.39 is 0 Å². The van der Waals surface area contributed by atoms with Gasteiger partial charge in [-0.2, -0.15) is 0 Å². The van der Waals surface area contributed by atoms with Crippen LogP contribution < -0.4 is 5.63 Å². The summed E-state index contributed by atoms with van der Waals surface area (Å²) in [5, 5.41) is 10.4. The molecule has 1 heterocycles. The summed E-state index contributed by atoms with van der Waals surface area (Å²) in [6, 6.07) is 4.98. The summed E-state index contributed by atoms with van der Waals surface area (Å²) in [4.78, 5) is 11.9. The van der Waals surface area contributed by atoms with Gasteiger partial charge in [-0.3, -0.25) is 0 Å². The van der Waals surface area contributed by atoms with Gasteiger partial charge in [0.1, 0.15) is 11.3 Å². The Hall–Kier alpha value is -1.77. The fourth-order valence-corrected chi connectivity index (χ4v) is 2.63. The van der Waals surface area contributed by atoms with Gasteiger partial charge in [0.05, 0.1) is 0 Å². The van der Waals surface area contributed by atoms with E-state index in [1.807, 2.05) is 6.07 Å². The largest absolute Gasteiger partial charge is 0.508 e. The molecule has 3 nitrogen and oxygen atoms in total. The van der Waals surface area contributed by atoms with Gasteiger partial charge in [-0.05, 0) is 42.9 Å². The van der Waals surface area contributed by atoms with Gasteiger partial charge in [0.15, 0.2) is 0 Å². The van der Waals surface area contributed by atoms with Crippen molar-refractivity contribution >= 4 is 11.0 Å². The fourth-order valence-electron chi connectivity index (χ4n) is 2.63. The van der Waals surface area contributed by atoms with Crippen molar-refractivity contribution < 1.29 is 9.52 Å². The standard InChI is InChI=1S/C14H14O3/c1-8-2-4-10-11-5-3-9(15)7-13(11)17-14(16)12(10)6-8/h3,5,7-8,15H,2,4,6H2,1H3. The van der Waals surface area contributed by atoms with Crippen molar-refractivity contribution in [2.24, 2.45) is 5.92 Å². The van der Waals surface area contributed by atoms with Crippen molar-refractivity contribution in [2.75, 3.05) is 0 Å². The maximum absolute atomic E-state index is 11.9. The quantitative estimate of drug-likeness (QED) is 0.708. The zero-order chi connectivity index (χ0) is 12.0. The predicted octanol–water partition coefficient (Wildman–Crippen LogP) is 2.62. The lowest BCUT2D eigenvalue weighted by molar-refractivity contribution is 0.462. The molecule has 1 N–H and O–H groups in total. The van der Waals surface area contributed by atoms with Gasteiger partial charge in [-0.1, -0.05) is 6.92 Å². The molecule has 3 heteroatoms. The second-order valence-corrected chi connectivity index (χ2v) is 4.88. The van der Waals surface area contributed by atoms with Crippen LogP contribution in [0, 0.1) is 5.92 Å². The van der Waals surface area contributed by atoms with Crippen LogP contribution in [0.1, 0.15) is 24.5 Å². The molecule has 1 aromatic heterocycles. The summed E-state index contributed by atoms with van der Waals surface area (Å²) < 4.78 is 5.27. The zero-order valence-electron chi connectivity index (χ0n) is 9.69. The molecule has 0 spiro atoms. The molecule has 3 rings (SSSR count). The van der Waals surface area contributed by atoms with Gasteiger partial charge >= 0.3 is 5.63 Å². The minimum absolute atomic E-state index is 0.129. The molecule has 1 aromatic carbocycles. The van der Waals surface area contributed by atoms with Gasteiger partial charge in [0.2, 0.25) is 0 Å². The monoisotopic (exact) mass is 230 g/mol. The summed E-state index contributed by atoms with van der Waals surface area (Å²) in [5.74, 6) is 0.671. The van der Waals surface area contributed by atoms with E-state index in [2.05, 4.69) is 6.92 Å². The molecular formula is C14H14O3. The Morgan fingerprint density at radius 2 is 2.18 bits per heavy atom. The van der Waals surface area contributed by atoms with Crippen molar-refractivity contribution in [3.63, 3.8) is 0 Å². The first-order valence-corrected chi connectivity index (χ1v) is 5.92. The van der Waals surface area contributed by atoms with Crippen molar-refractivity contribution in [3.05, 3.63) is 39.7 Å². The van der Waals surface area contributed by atoms with E-state index in [0.717, 1.165) is 35.8 Å². The third-order valence-corrected chi connectivity index (χ3v) is 3.54. The van der Waals surface area contributed by atoms with Crippen LogP contribution in [0.3, 0.4) is 0 Å². The summed E-state index contributed by atoms with van der Waals surface area (Å²) in [7, 11) is 0. The number of phenolic OH excluding ortho intramolecular Hbond substituents is 1. The average Bonchev–Trinajstić information content (AvgIpc) is 2.29. The van der Waals surface area contributed by atoms with E-state index in [9.17, 15) is 9.90 Å². The highest BCUT2D eigenvalue weighted by Crippen LogP contribution is 2.30. The molecule has 17 heavy (non-hydrogen) atoms. The first-order valence-electron chi connectivity index (χ1n) is 5.92. The Kier molecular flexibility index (Phi) is 2.21. The number of benzene rings is 1. The van der Waals surface area contributed by atoms with Crippen molar-refractivity contribution in [1.82, 2.24) is 0 Å². The molecule has 0 saturated heterocycles. The highest BCUT2D eigenvalue weighted by atomic mass is 16.4. The molecule has 0 fully saturated rings. The Bertz CT molecular complexity index is 640. The molecule has 0 bridgehead atoms. The van der Waals surface area contributed by atoms with Gasteiger partial charge in [0, 0.05) is 17.0 Å². The predicted molar refractivity (Wildman–Crippen MR) is 65.3 cm³/mol. The summed E-state index contributed by atoms with van der Waals surface area (Å²) in [5.41, 5.74) is 2.17. The molecule has 1 atom stereocenters. The molecular weight excluding hydrogens is 216 g/mol. The lowest BCUT2D eigenvalue weighted by atomic mass is 9.84. The van der Waals surface area contributed by atoms with Gasteiger partial charge in [-0.25, -0.2) is 4.79 Å². The van der Waals surface area contributed by atoms with E-state index in [1.165, 1.54) is 6.07 Å². The number of phenols is 1. The maximum atomic E-state index is 11.9. The Balaban J connectivity index is 2.35. The van der Waals surface area contributed by atoms with Crippen LogP contribution in [0.25, 0.3) is 11.0 Å². The molecule has 0 saturated carbocycles. The molecule has 2 aromatic rings. The lowest BCUT2D eigenvalue weighted by Crippen LogP contribution is -2.20. The Labute approximate surface area is 98.7 Å². The number of fused-ring (bicyclic) bond motifs is 3. The number of hydrogen-bond acceptors (Lipinski definition) is 3. The van der Waals surface area contributed by atoms with Gasteiger partial charge < -0.3 is 9.52 Å². The molecule has 1 aliphatic rings. The molecule has 88 valence electrons. The first-order chi connectivity index (χ1) is 8.15. The third-order valence-electron chi connectivity index (χ3n) is 3.54. The topological polar surface area (TPSA) is 50.4 Å². The molecule has 0 amide bonds. The van der Waals surface area contributed by atoms with E-state index in [1.54, 1.807) is 6.07 Å². The minimum atomic E-state index is -0.246. The minimum Gasteiger partial charge on any atom is -0.508 e. The van der Waals surface area contributed by atoms with Crippen LogP contribution >= 0.6 is 0 Å². The highest BCUT2D eigenvalue weighted by molar-refractivity contribution is 5.82. The second kappa shape index (κ2) is 3.62. The first kappa shape index (κ1) is 10.4. The summed E-state index contributed by atoms with van der Waals surface area (Å²) >= 11 is 0. The van der Waals surface area contributed by atoms with Crippen LogP contribution in [-0.2, 0) is 12.8 Å². The lowest BCUT2D eigenvalue weighted by Gasteiger charge is -2.21. The third kappa shape index (κ3) is 1.62. The summed E-state index contributed by atoms with van der Waals surface area (Å²) in [6.45, 7) is 2.16. The Morgan fingerprint density at radius 1 is 1.35 bits per heavy atom. The molecule has 0 aliphatic heterocycles. The normalized spacial score (nSPS) is 19.2. The molecule has 0 radical (unpaired) electrons. The van der Waals surface area contributed by atoms with Crippen LogP contribution in [0.2, 0.25) is 0 Å². The molecule has 1 aliphatic carbocycles. The SMILES string of the molecule is CC1CCc2c(c(=O)oc3cc(O)ccc23)C1. The van der Waals surface area contributed by atoms with E-state index in [-0.39, 0.29) is 11.4 Å². The van der Waals surface area contributed by atoms with Crippen molar-refractivity contribution in [1.29, 1.82) is 0 Å². The van der Waals surface area contributed by atoms with Gasteiger partial charge in [-0.15, -0.1) is 0 Å². The Morgan fingerprint density at radius 3 is 3.00 bits per heavy atom. The van der Waals surface area contributed by atoms with E-state index in [4.69, 9.17) is 4.42 Å². The van der Waals surface area contributed by atoms with E-state index in [0.29, 0.717) is 11.5 Å². The highest BCUT2D eigenvalue weighted by Gasteiger charge is 2.21. The fraction of sp³-hybridized carbons (Fsp3) is 0.357. The van der Waals surface area contributed by atoms with Crippen molar-refractivity contribution in [2.45, 2.75) is 26.2 Å². The number of aryl methyl sites for hydroxylation is 1. The number of aromatic hydroxyl groups is 1. The number of hydrogen-bond donors (Lipinski definition) is 1. The second-order valence-electron chi connectivity index (χ2n) is 4.88. The van der Waals surface area contributed by atoms with Crippen LogP contribution in [0.5, 0.6) is 5.75 Å². The summed E-state index contributed by atoms with van der Waals surface area (Å²) in [6.07, 6.45) is 2.82. The van der Waals surface area contributed by atoms with Crippen LogP contribution in [0.4, 0.5) is 0 Å². The van der Waals surface area contributed by atoms with E-state index >= 15 is 0 Å². The maximum Gasteiger partial charge on any atom is 0.339 e. The van der Waals surface area contributed by atoms with Crippen LogP contribution in [-0.4, -0.2) is 5.11 Å². The van der Waals surface area contributed by atoms with Crippen LogP contribution in [0.15, 0.2) is 27.4 Å². The van der Waals surface area contributed by atoms with Crippen molar-refractivity contribution in [3.8, 4) is 5.75 Å². The molecule has 1 unspecified atom stereocenters. The van der Waals surface area contributed by atoms with Gasteiger partial charge in [0.25, 0.3) is 0 Å². The smallest absolute Gasteiger partial charge is 0.339 e. The average molecular weight is 230 g/mol. The zero-order valence-corrected chi connectivity index (χ0v) is 9.69. The number of rotatable bonds is 0.